The van der Waals surface area contributed by atoms with Crippen LogP contribution in [0, 0.1) is 6.92 Å². The Balaban J connectivity index is 1.33. The Morgan fingerprint density at radius 2 is 0.926 bits per heavy atom. The third-order valence-corrected chi connectivity index (χ3v) is 17.1. The number of anilines is 6. The molecule has 0 amide bonds. The molecule has 0 atom stereocenters. The summed E-state index contributed by atoms with van der Waals surface area (Å²) in [4.78, 5) is 11.0. The second-order valence-corrected chi connectivity index (χ2v) is 27.2. The van der Waals surface area contributed by atoms with Crippen molar-refractivity contribution in [3.05, 3.63) is 142 Å². The molecular weight excluding hydrogens is 822 g/mol. The number of aromatic nitrogens is 1. The van der Waals surface area contributed by atoms with Crippen molar-refractivity contribution in [1.82, 2.24) is 4.98 Å². The lowest BCUT2D eigenvalue weighted by Crippen LogP contribution is -2.62. The SMILES string of the molecule is Cc1cc2c3c(n1)N(c1ccc(C(C)(C)C)cc1-c1ccc(C(C)(C)C)cc1)c1ccc(C(C)(C)C)cc1B3c1cc3c(cc1N2c1ccc2c(c1)C(C)(C)CCC2(C)C)C(C)(C)CCC3(C)C. The normalized spacial score (nSPS) is 18.6. The predicted molar refractivity (Wildman–Crippen MR) is 295 cm³/mol. The van der Waals surface area contributed by atoms with Gasteiger partial charge in [0, 0.05) is 34.0 Å². The average Bonchev–Trinajstić information content (AvgIpc) is 3.25. The van der Waals surface area contributed by atoms with Crippen LogP contribution < -0.4 is 26.2 Å². The standard InChI is InChI=1S/C64H78BN3/c1-39-33-55-56-57(66-39)68(52-27-23-42(59(5,6)7)34-45(52)40-19-21-41(22-20-40)58(2,3)4)53-28-24-43(60(8,9)10)35-50(53)65(56)51-37-48-49(64(17,18)32-31-63(48,15)16)38-54(51)67(55)44-25-26-46-47(36-44)62(13,14)30-29-61(46,11)12/h19-28,33-38H,29-32H2,1-18H3. The number of hydrogen-bond acceptors (Lipinski definition) is 3. The molecule has 3 heterocycles. The van der Waals surface area contributed by atoms with Gasteiger partial charge < -0.3 is 4.90 Å². The maximum Gasteiger partial charge on any atom is 0.254 e. The molecule has 352 valence electrons. The topological polar surface area (TPSA) is 19.4 Å². The second-order valence-electron chi connectivity index (χ2n) is 27.2. The highest BCUT2D eigenvalue weighted by molar-refractivity contribution is 7.00. The van der Waals surface area contributed by atoms with E-state index in [9.17, 15) is 0 Å². The van der Waals surface area contributed by atoms with Gasteiger partial charge in [-0.1, -0.05) is 172 Å². The molecule has 0 spiro atoms. The van der Waals surface area contributed by atoms with Crippen molar-refractivity contribution in [3.63, 3.8) is 0 Å². The van der Waals surface area contributed by atoms with Gasteiger partial charge in [0.2, 0.25) is 0 Å². The van der Waals surface area contributed by atoms with Gasteiger partial charge in [0.05, 0.1) is 5.69 Å². The van der Waals surface area contributed by atoms with Gasteiger partial charge in [-0.05, 0) is 174 Å². The minimum absolute atomic E-state index is 0.0181. The summed E-state index contributed by atoms with van der Waals surface area (Å²) in [7, 11) is 0. The summed E-state index contributed by atoms with van der Waals surface area (Å²) in [5, 5.41) is 0. The number of pyridine rings is 1. The Labute approximate surface area is 411 Å². The molecule has 5 aromatic carbocycles. The third kappa shape index (κ3) is 7.40. The van der Waals surface area contributed by atoms with E-state index in [0.29, 0.717) is 0 Å². The van der Waals surface area contributed by atoms with Crippen molar-refractivity contribution in [2.45, 2.75) is 188 Å². The Bertz CT molecular complexity index is 3030. The van der Waals surface area contributed by atoms with E-state index in [4.69, 9.17) is 4.98 Å². The Morgan fingerprint density at radius 1 is 0.441 bits per heavy atom. The molecule has 0 radical (unpaired) electrons. The van der Waals surface area contributed by atoms with Gasteiger partial charge in [0.1, 0.15) is 5.82 Å². The van der Waals surface area contributed by atoms with Crippen LogP contribution in [-0.2, 0) is 37.9 Å². The van der Waals surface area contributed by atoms with Gasteiger partial charge in [0.15, 0.2) is 0 Å². The highest BCUT2D eigenvalue weighted by atomic mass is 15.2. The lowest BCUT2D eigenvalue weighted by molar-refractivity contribution is 0.332. The third-order valence-electron chi connectivity index (χ3n) is 17.1. The van der Waals surface area contributed by atoms with Gasteiger partial charge in [-0.3, -0.25) is 4.90 Å². The van der Waals surface area contributed by atoms with Gasteiger partial charge in [0.25, 0.3) is 6.71 Å². The summed E-state index contributed by atoms with van der Waals surface area (Å²) in [5.74, 6) is 1.03. The maximum absolute atomic E-state index is 5.74. The van der Waals surface area contributed by atoms with Gasteiger partial charge in [-0.15, -0.1) is 0 Å². The molecule has 0 saturated heterocycles. The van der Waals surface area contributed by atoms with E-state index in [1.807, 2.05) is 0 Å². The first-order valence-electron chi connectivity index (χ1n) is 25.8. The Morgan fingerprint density at radius 3 is 1.50 bits per heavy atom. The van der Waals surface area contributed by atoms with Crippen LogP contribution in [0.1, 0.15) is 188 Å². The van der Waals surface area contributed by atoms with Crippen LogP contribution in [0.25, 0.3) is 11.1 Å². The van der Waals surface area contributed by atoms with Crippen molar-refractivity contribution in [3.8, 4) is 11.1 Å². The largest absolute Gasteiger partial charge is 0.311 e. The summed E-state index contributed by atoms with van der Waals surface area (Å²) in [6, 6.07) is 39.2. The molecule has 0 bridgehead atoms. The summed E-state index contributed by atoms with van der Waals surface area (Å²) in [5.41, 5.74) is 23.9. The molecule has 4 aliphatic rings. The quantitative estimate of drug-likeness (QED) is 0.165. The molecule has 0 saturated carbocycles. The maximum atomic E-state index is 5.74. The van der Waals surface area contributed by atoms with E-state index in [0.717, 1.165) is 17.2 Å². The Kier molecular flexibility index (Phi) is 10.3. The summed E-state index contributed by atoms with van der Waals surface area (Å²) in [6.45, 7) is 42.9. The van der Waals surface area contributed by atoms with Crippen LogP contribution in [-0.4, -0.2) is 11.7 Å². The van der Waals surface area contributed by atoms with Crippen LogP contribution in [0.2, 0.25) is 0 Å². The van der Waals surface area contributed by atoms with Gasteiger partial charge >= 0.3 is 0 Å². The van der Waals surface area contributed by atoms with Gasteiger partial charge in [-0.25, -0.2) is 4.98 Å². The molecule has 2 aliphatic heterocycles. The van der Waals surface area contributed by atoms with Crippen molar-refractivity contribution in [1.29, 1.82) is 0 Å². The van der Waals surface area contributed by atoms with E-state index in [1.165, 1.54) is 115 Å². The lowest BCUT2D eigenvalue weighted by atomic mass is 9.33. The van der Waals surface area contributed by atoms with Crippen LogP contribution in [0.3, 0.4) is 0 Å². The number of aryl methyl sites for hydroxylation is 1. The molecule has 1 aromatic heterocycles. The molecule has 0 unspecified atom stereocenters. The molecule has 0 fully saturated rings. The second kappa shape index (κ2) is 15.0. The van der Waals surface area contributed by atoms with Crippen molar-refractivity contribution in [2.24, 2.45) is 0 Å². The number of rotatable bonds is 3. The molecule has 6 aromatic rings. The van der Waals surface area contributed by atoms with Gasteiger partial charge in [-0.2, -0.15) is 0 Å². The van der Waals surface area contributed by atoms with Crippen molar-refractivity contribution < 1.29 is 0 Å². The molecule has 3 nitrogen and oxygen atoms in total. The number of fused-ring (bicyclic) bond motifs is 6. The highest BCUT2D eigenvalue weighted by Gasteiger charge is 2.48. The summed E-state index contributed by atoms with van der Waals surface area (Å²) in [6.07, 6.45) is 4.71. The molecule has 10 rings (SSSR count). The fourth-order valence-corrected chi connectivity index (χ4v) is 12.3. The van der Waals surface area contributed by atoms with Crippen LogP contribution in [0.4, 0.5) is 34.3 Å². The first-order valence-corrected chi connectivity index (χ1v) is 25.8. The highest BCUT2D eigenvalue weighted by Crippen LogP contribution is 2.53. The molecular formula is C64H78BN3. The van der Waals surface area contributed by atoms with E-state index >= 15 is 0 Å². The molecule has 68 heavy (non-hydrogen) atoms. The first-order chi connectivity index (χ1) is 31.5. The lowest BCUT2D eigenvalue weighted by Gasteiger charge is -2.48. The zero-order chi connectivity index (χ0) is 49.1. The summed E-state index contributed by atoms with van der Waals surface area (Å²) >= 11 is 0. The average molecular weight is 900 g/mol. The minimum Gasteiger partial charge on any atom is -0.311 e. The number of nitrogens with zero attached hydrogens (tertiary/aromatic N) is 3. The van der Waals surface area contributed by atoms with Crippen LogP contribution in [0.5, 0.6) is 0 Å². The number of benzene rings is 5. The van der Waals surface area contributed by atoms with Crippen molar-refractivity contribution in [2.75, 3.05) is 9.80 Å². The monoisotopic (exact) mass is 900 g/mol. The van der Waals surface area contributed by atoms with E-state index in [2.05, 4.69) is 231 Å². The van der Waals surface area contributed by atoms with Crippen molar-refractivity contribution >= 4 is 57.4 Å². The van der Waals surface area contributed by atoms with Crippen LogP contribution >= 0.6 is 0 Å². The van der Waals surface area contributed by atoms with E-state index < -0.39 is 0 Å². The zero-order valence-corrected chi connectivity index (χ0v) is 45.0. The Hall–Kier alpha value is -5.09. The number of hydrogen-bond donors (Lipinski definition) is 0. The molecule has 4 heteroatoms. The predicted octanol–water partition coefficient (Wildman–Crippen LogP) is 15.7. The smallest absolute Gasteiger partial charge is 0.254 e. The minimum atomic E-state index is -0.0437. The van der Waals surface area contributed by atoms with E-state index in [-0.39, 0.29) is 44.6 Å². The molecule has 0 N–H and O–H groups in total. The fourth-order valence-electron chi connectivity index (χ4n) is 12.3. The van der Waals surface area contributed by atoms with Crippen LogP contribution in [0.15, 0.2) is 97.1 Å². The zero-order valence-electron chi connectivity index (χ0n) is 45.0. The fraction of sp³-hybridized carbons (Fsp3) is 0.453. The first kappa shape index (κ1) is 46.6. The van der Waals surface area contributed by atoms with E-state index in [1.54, 1.807) is 0 Å². The summed E-state index contributed by atoms with van der Waals surface area (Å²) < 4.78 is 0. The molecule has 2 aliphatic carbocycles.